The summed E-state index contributed by atoms with van der Waals surface area (Å²) >= 11 is 0. The number of carboxylic acid groups (broad SMARTS) is 1. The number of hydrogen-bond acceptors (Lipinski definition) is 4. The second-order valence-corrected chi connectivity index (χ2v) is 3.08. The van der Waals surface area contributed by atoms with Gasteiger partial charge in [0.25, 0.3) is 0 Å². The van der Waals surface area contributed by atoms with Crippen molar-refractivity contribution in [1.29, 1.82) is 0 Å². The highest BCUT2D eigenvalue weighted by Crippen LogP contribution is 2.19. The van der Waals surface area contributed by atoms with Crippen LogP contribution in [0.15, 0.2) is 23.1 Å². The van der Waals surface area contributed by atoms with E-state index < -0.39 is 5.97 Å². The Morgan fingerprint density at radius 3 is 2.94 bits per heavy atom. The summed E-state index contributed by atoms with van der Waals surface area (Å²) in [5.74, 6) is -1.12. The van der Waals surface area contributed by atoms with Crippen molar-refractivity contribution in [3.63, 3.8) is 0 Å². The van der Waals surface area contributed by atoms with Crippen LogP contribution in [-0.2, 0) is 0 Å². The SMILES string of the molecule is COc1cc2[nH]ccc(=O)c2nc1C(=O)O. The molecule has 0 aliphatic rings. The molecule has 0 spiro atoms. The van der Waals surface area contributed by atoms with Crippen LogP contribution in [0.25, 0.3) is 11.0 Å². The second-order valence-electron chi connectivity index (χ2n) is 3.08. The van der Waals surface area contributed by atoms with E-state index in [1.54, 1.807) is 0 Å². The Morgan fingerprint density at radius 2 is 2.31 bits per heavy atom. The van der Waals surface area contributed by atoms with Gasteiger partial charge in [-0.2, -0.15) is 0 Å². The number of aromatic carboxylic acids is 1. The van der Waals surface area contributed by atoms with Crippen molar-refractivity contribution >= 4 is 17.0 Å². The monoisotopic (exact) mass is 220 g/mol. The van der Waals surface area contributed by atoms with E-state index in [-0.39, 0.29) is 22.4 Å². The Kier molecular flexibility index (Phi) is 2.32. The Hall–Kier alpha value is -2.37. The quantitative estimate of drug-likeness (QED) is 0.774. The normalized spacial score (nSPS) is 10.3. The number of carbonyl (C=O) groups is 1. The van der Waals surface area contributed by atoms with Gasteiger partial charge in [0.05, 0.1) is 12.6 Å². The number of pyridine rings is 2. The zero-order valence-electron chi connectivity index (χ0n) is 8.35. The third-order valence-electron chi connectivity index (χ3n) is 2.12. The molecule has 6 heteroatoms. The number of aromatic nitrogens is 2. The lowest BCUT2D eigenvalue weighted by molar-refractivity contribution is 0.0687. The zero-order chi connectivity index (χ0) is 11.7. The predicted molar refractivity (Wildman–Crippen MR) is 55.9 cm³/mol. The van der Waals surface area contributed by atoms with Crippen LogP contribution < -0.4 is 10.2 Å². The number of ether oxygens (including phenoxy) is 1. The lowest BCUT2D eigenvalue weighted by Crippen LogP contribution is -2.09. The predicted octanol–water partition coefficient (Wildman–Crippen LogP) is 0.630. The summed E-state index contributed by atoms with van der Waals surface area (Å²) < 4.78 is 4.89. The maximum atomic E-state index is 11.4. The molecule has 0 unspecified atom stereocenters. The van der Waals surface area contributed by atoms with Gasteiger partial charge < -0.3 is 14.8 Å². The fourth-order valence-electron chi connectivity index (χ4n) is 1.39. The summed E-state index contributed by atoms with van der Waals surface area (Å²) in [5.41, 5.74) is -0.0827. The van der Waals surface area contributed by atoms with Crippen LogP contribution in [0, 0.1) is 0 Å². The average molecular weight is 220 g/mol. The van der Waals surface area contributed by atoms with Gasteiger partial charge >= 0.3 is 5.97 Å². The van der Waals surface area contributed by atoms with Crippen LogP contribution in [0.3, 0.4) is 0 Å². The van der Waals surface area contributed by atoms with Crippen molar-refractivity contribution in [2.45, 2.75) is 0 Å². The third kappa shape index (κ3) is 1.50. The lowest BCUT2D eigenvalue weighted by atomic mass is 10.2. The number of aromatic amines is 1. The first-order valence-corrected chi connectivity index (χ1v) is 4.43. The average Bonchev–Trinajstić information content (AvgIpc) is 2.27. The van der Waals surface area contributed by atoms with E-state index in [0.29, 0.717) is 5.52 Å². The first-order chi connectivity index (χ1) is 7.63. The minimum Gasteiger partial charge on any atom is -0.494 e. The molecule has 0 aliphatic carbocycles. The van der Waals surface area contributed by atoms with Gasteiger partial charge in [0.15, 0.2) is 11.4 Å². The molecule has 2 aromatic rings. The highest BCUT2D eigenvalue weighted by Gasteiger charge is 2.15. The molecule has 0 atom stereocenters. The van der Waals surface area contributed by atoms with Crippen molar-refractivity contribution in [1.82, 2.24) is 9.97 Å². The maximum Gasteiger partial charge on any atom is 0.358 e. The maximum absolute atomic E-state index is 11.4. The number of hydrogen-bond donors (Lipinski definition) is 2. The number of nitrogens with zero attached hydrogens (tertiary/aromatic N) is 1. The standard InChI is InChI=1S/C10H8N2O4/c1-16-7-4-5-8(6(13)2-3-11-5)12-9(7)10(14)15/h2-4H,1H3,(H,11,13)(H,14,15). The van der Waals surface area contributed by atoms with Crippen LogP contribution in [0.5, 0.6) is 5.75 Å². The van der Waals surface area contributed by atoms with Gasteiger partial charge in [-0.3, -0.25) is 4.79 Å². The van der Waals surface area contributed by atoms with Gasteiger partial charge in [0.2, 0.25) is 5.43 Å². The van der Waals surface area contributed by atoms with Crippen LogP contribution >= 0.6 is 0 Å². The molecular weight excluding hydrogens is 212 g/mol. The molecule has 2 heterocycles. The van der Waals surface area contributed by atoms with Crippen LogP contribution in [0.1, 0.15) is 10.5 Å². The molecule has 2 aromatic heterocycles. The third-order valence-corrected chi connectivity index (χ3v) is 2.12. The van der Waals surface area contributed by atoms with E-state index >= 15 is 0 Å². The summed E-state index contributed by atoms with van der Waals surface area (Å²) in [7, 11) is 1.34. The molecule has 0 saturated carbocycles. The van der Waals surface area contributed by atoms with Crippen LogP contribution in [-0.4, -0.2) is 28.2 Å². The van der Waals surface area contributed by atoms with Gasteiger partial charge in [-0.25, -0.2) is 9.78 Å². The summed E-state index contributed by atoms with van der Waals surface area (Å²) in [6.07, 6.45) is 1.46. The van der Waals surface area contributed by atoms with E-state index in [1.165, 1.54) is 25.4 Å². The molecule has 0 saturated heterocycles. The second kappa shape index (κ2) is 3.65. The van der Waals surface area contributed by atoms with Gasteiger partial charge in [-0.1, -0.05) is 0 Å². The summed E-state index contributed by atoms with van der Waals surface area (Å²) in [6.45, 7) is 0. The minimum atomic E-state index is -1.23. The molecule has 6 nitrogen and oxygen atoms in total. The fourth-order valence-corrected chi connectivity index (χ4v) is 1.39. The number of nitrogens with one attached hydrogen (secondary N) is 1. The number of methoxy groups -OCH3 is 1. The van der Waals surface area contributed by atoms with Gasteiger partial charge in [-0.05, 0) is 0 Å². The zero-order valence-corrected chi connectivity index (χ0v) is 8.35. The number of H-pyrrole nitrogens is 1. The van der Waals surface area contributed by atoms with Crippen molar-refractivity contribution in [3.05, 3.63) is 34.2 Å². The van der Waals surface area contributed by atoms with Crippen LogP contribution in [0.4, 0.5) is 0 Å². The largest absolute Gasteiger partial charge is 0.494 e. The fraction of sp³-hybridized carbons (Fsp3) is 0.100. The molecule has 0 amide bonds. The van der Waals surface area contributed by atoms with Gasteiger partial charge in [0, 0.05) is 18.3 Å². The molecule has 2 N–H and O–H groups in total. The van der Waals surface area contributed by atoms with E-state index in [2.05, 4.69) is 9.97 Å². The molecule has 16 heavy (non-hydrogen) atoms. The molecule has 0 fully saturated rings. The van der Waals surface area contributed by atoms with Crippen molar-refractivity contribution in [3.8, 4) is 5.75 Å². The molecule has 0 aliphatic heterocycles. The van der Waals surface area contributed by atoms with Crippen molar-refractivity contribution < 1.29 is 14.6 Å². The Balaban J connectivity index is 2.86. The smallest absolute Gasteiger partial charge is 0.358 e. The number of carboxylic acids is 1. The van der Waals surface area contributed by atoms with Crippen molar-refractivity contribution in [2.24, 2.45) is 0 Å². The van der Waals surface area contributed by atoms with E-state index in [0.717, 1.165) is 0 Å². The van der Waals surface area contributed by atoms with E-state index in [1.807, 2.05) is 0 Å². The molecular formula is C10H8N2O4. The van der Waals surface area contributed by atoms with Gasteiger partial charge in [0.1, 0.15) is 5.52 Å². The topological polar surface area (TPSA) is 92.3 Å². The van der Waals surface area contributed by atoms with E-state index in [4.69, 9.17) is 9.84 Å². The highest BCUT2D eigenvalue weighted by atomic mass is 16.5. The summed E-state index contributed by atoms with van der Waals surface area (Å²) in [6, 6.07) is 2.72. The minimum absolute atomic E-state index is 0.0840. The number of fused-ring (bicyclic) bond motifs is 1. The van der Waals surface area contributed by atoms with Crippen LogP contribution in [0.2, 0.25) is 0 Å². The Labute approximate surface area is 89.5 Å². The molecule has 2 rings (SSSR count). The molecule has 0 aromatic carbocycles. The molecule has 0 bridgehead atoms. The molecule has 0 radical (unpaired) electrons. The van der Waals surface area contributed by atoms with Crippen molar-refractivity contribution in [2.75, 3.05) is 7.11 Å². The number of rotatable bonds is 2. The summed E-state index contributed by atoms with van der Waals surface area (Å²) in [4.78, 5) is 28.9. The first-order valence-electron chi connectivity index (χ1n) is 4.43. The van der Waals surface area contributed by atoms with E-state index in [9.17, 15) is 9.59 Å². The Bertz CT molecular complexity index is 618. The summed E-state index contributed by atoms with van der Waals surface area (Å²) in [5, 5.41) is 8.89. The molecule has 82 valence electrons. The van der Waals surface area contributed by atoms with Gasteiger partial charge in [-0.15, -0.1) is 0 Å². The first kappa shape index (κ1) is 10.2. The highest BCUT2D eigenvalue weighted by molar-refractivity contribution is 5.92. The Morgan fingerprint density at radius 1 is 1.56 bits per heavy atom. The lowest BCUT2D eigenvalue weighted by Gasteiger charge is -2.05.